The fraction of sp³-hybridized carbons (Fsp3) is 0.667. The smallest absolute Gasteiger partial charge is 0.162 e. The summed E-state index contributed by atoms with van der Waals surface area (Å²) in [5.74, 6) is -0.358. The molecule has 1 saturated carbocycles. The largest absolute Gasteiger partial charge is 0.314 e. The lowest BCUT2D eigenvalue weighted by Gasteiger charge is -2.26. The molecular weight excluding hydrogens is 268 g/mol. The Morgan fingerprint density at radius 2 is 1.81 bits per heavy atom. The molecule has 118 valence electrons. The highest BCUT2D eigenvalue weighted by Crippen LogP contribution is 2.32. The minimum atomic E-state index is -0.724. The van der Waals surface area contributed by atoms with Gasteiger partial charge in [-0.05, 0) is 49.3 Å². The van der Waals surface area contributed by atoms with Gasteiger partial charge in [0.05, 0.1) is 0 Å². The van der Waals surface area contributed by atoms with Crippen molar-refractivity contribution in [3.05, 3.63) is 35.4 Å². The second-order valence-electron chi connectivity index (χ2n) is 6.64. The van der Waals surface area contributed by atoms with Crippen LogP contribution in [0.3, 0.4) is 0 Å². The maximum absolute atomic E-state index is 13.9. The summed E-state index contributed by atoms with van der Waals surface area (Å²) in [5.41, 5.74) is 0.538. The third-order valence-electron chi connectivity index (χ3n) is 4.62. The zero-order valence-electron chi connectivity index (χ0n) is 13.2. The van der Waals surface area contributed by atoms with Crippen LogP contribution < -0.4 is 5.32 Å². The average Bonchev–Trinajstić information content (AvgIpc) is 2.67. The monoisotopic (exact) mass is 295 g/mol. The van der Waals surface area contributed by atoms with Crippen LogP contribution in [0.2, 0.25) is 0 Å². The standard InChI is InChI=1S/C18H27F2N/c1-13(2)21-12-16-8-5-3-4-7-14(16)11-15-9-6-10-17(19)18(15)20/h6,9-10,13-14,16,21H,3-5,7-8,11-12H2,1-2H3. The first-order chi connectivity index (χ1) is 10.1. The van der Waals surface area contributed by atoms with Crippen LogP contribution >= 0.6 is 0 Å². The van der Waals surface area contributed by atoms with Gasteiger partial charge in [-0.3, -0.25) is 0 Å². The molecule has 0 heterocycles. The summed E-state index contributed by atoms with van der Waals surface area (Å²) >= 11 is 0. The maximum atomic E-state index is 13.9. The van der Waals surface area contributed by atoms with Crippen molar-refractivity contribution in [3.8, 4) is 0 Å². The second-order valence-corrected chi connectivity index (χ2v) is 6.64. The Labute approximate surface area is 127 Å². The van der Waals surface area contributed by atoms with Crippen LogP contribution in [0.1, 0.15) is 51.5 Å². The summed E-state index contributed by atoms with van der Waals surface area (Å²) in [6.07, 6.45) is 6.71. The summed E-state index contributed by atoms with van der Waals surface area (Å²) in [6, 6.07) is 5.02. The summed E-state index contributed by atoms with van der Waals surface area (Å²) in [4.78, 5) is 0. The van der Waals surface area contributed by atoms with Gasteiger partial charge in [0.25, 0.3) is 0 Å². The third kappa shape index (κ3) is 4.77. The van der Waals surface area contributed by atoms with Crippen molar-refractivity contribution in [2.45, 2.75) is 58.4 Å². The molecular formula is C18H27F2N. The third-order valence-corrected chi connectivity index (χ3v) is 4.62. The maximum Gasteiger partial charge on any atom is 0.162 e. The Morgan fingerprint density at radius 3 is 2.52 bits per heavy atom. The molecule has 2 rings (SSSR count). The van der Waals surface area contributed by atoms with Gasteiger partial charge in [-0.1, -0.05) is 45.2 Å². The summed E-state index contributed by atoms with van der Waals surface area (Å²) in [7, 11) is 0. The Hall–Kier alpha value is -0.960. The van der Waals surface area contributed by atoms with Crippen molar-refractivity contribution in [2.75, 3.05) is 6.54 Å². The fourth-order valence-corrected chi connectivity index (χ4v) is 3.37. The van der Waals surface area contributed by atoms with E-state index in [1.807, 2.05) is 0 Å². The molecule has 0 saturated heterocycles. The van der Waals surface area contributed by atoms with Crippen molar-refractivity contribution in [1.29, 1.82) is 0 Å². The average molecular weight is 295 g/mol. The minimum absolute atomic E-state index is 0.454. The van der Waals surface area contributed by atoms with Gasteiger partial charge >= 0.3 is 0 Å². The molecule has 0 radical (unpaired) electrons. The number of hydrogen-bond acceptors (Lipinski definition) is 1. The lowest BCUT2D eigenvalue weighted by atomic mass is 9.83. The molecule has 2 unspecified atom stereocenters. The van der Waals surface area contributed by atoms with Crippen molar-refractivity contribution >= 4 is 0 Å². The first-order valence-corrected chi connectivity index (χ1v) is 8.24. The van der Waals surface area contributed by atoms with Crippen molar-refractivity contribution in [1.82, 2.24) is 5.32 Å². The molecule has 0 amide bonds. The van der Waals surface area contributed by atoms with Crippen LogP contribution in [0.25, 0.3) is 0 Å². The normalized spacial score (nSPS) is 23.3. The van der Waals surface area contributed by atoms with E-state index < -0.39 is 11.6 Å². The van der Waals surface area contributed by atoms with Crippen molar-refractivity contribution in [2.24, 2.45) is 11.8 Å². The Bertz CT molecular complexity index is 445. The van der Waals surface area contributed by atoms with E-state index in [-0.39, 0.29) is 0 Å². The molecule has 1 aliphatic carbocycles. The SMILES string of the molecule is CC(C)NCC1CCCCCC1Cc1cccc(F)c1F. The Balaban J connectivity index is 2.07. The van der Waals surface area contributed by atoms with Crippen LogP contribution in [0.15, 0.2) is 18.2 Å². The molecule has 1 aromatic rings. The minimum Gasteiger partial charge on any atom is -0.314 e. The van der Waals surface area contributed by atoms with Gasteiger partial charge in [0, 0.05) is 6.04 Å². The number of rotatable bonds is 5. The molecule has 1 aromatic carbocycles. The lowest BCUT2D eigenvalue weighted by Crippen LogP contribution is -2.33. The van der Waals surface area contributed by atoms with E-state index in [1.165, 1.54) is 31.7 Å². The molecule has 0 spiro atoms. The molecule has 1 nitrogen and oxygen atoms in total. The molecule has 1 aliphatic rings. The highest BCUT2D eigenvalue weighted by atomic mass is 19.2. The first-order valence-electron chi connectivity index (χ1n) is 8.24. The summed E-state index contributed by atoms with van der Waals surface area (Å²) in [5, 5.41) is 3.52. The second kappa shape index (κ2) is 7.88. The van der Waals surface area contributed by atoms with Gasteiger partial charge in [-0.25, -0.2) is 8.78 Å². The zero-order chi connectivity index (χ0) is 15.2. The van der Waals surface area contributed by atoms with Gasteiger partial charge in [-0.15, -0.1) is 0 Å². The highest BCUT2D eigenvalue weighted by Gasteiger charge is 2.25. The topological polar surface area (TPSA) is 12.0 Å². The molecule has 0 bridgehead atoms. The van der Waals surface area contributed by atoms with E-state index in [0.29, 0.717) is 29.9 Å². The molecule has 21 heavy (non-hydrogen) atoms. The summed E-state index contributed by atoms with van der Waals surface area (Å²) < 4.78 is 27.3. The van der Waals surface area contributed by atoms with E-state index in [1.54, 1.807) is 12.1 Å². The molecule has 0 aromatic heterocycles. The van der Waals surface area contributed by atoms with Crippen LogP contribution in [0.4, 0.5) is 8.78 Å². The number of nitrogens with one attached hydrogen (secondary N) is 1. The lowest BCUT2D eigenvalue weighted by molar-refractivity contribution is 0.288. The summed E-state index contributed by atoms with van der Waals surface area (Å²) in [6.45, 7) is 5.29. The zero-order valence-corrected chi connectivity index (χ0v) is 13.2. The molecule has 2 atom stereocenters. The van der Waals surface area contributed by atoms with E-state index in [4.69, 9.17) is 0 Å². The highest BCUT2D eigenvalue weighted by molar-refractivity contribution is 5.19. The van der Waals surface area contributed by atoms with Crippen molar-refractivity contribution in [3.63, 3.8) is 0 Å². The number of hydrogen-bond donors (Lipinski definition) is 1. The van der Waals surface area contributed by atoms with Crippen LogP contribution in [0.5, 0.6) is 0 Å². The van der Waals surface area contributed by atoms with E-state index in [2.05, 4.69) is 19.2 Å². The molecule has 1 N–H and O–H groups in total. The van der Waals surface area contributed by atoms with Crippen LogP contribution in [0, 0.1) is 23.5 Å². The quantitative estimate of drug-likeness (QED) is 0.776. The predicted molar refractivity (Wildman–Crippen MR) is 83.3 cm³/mol. The number of benzene rings is 1. The fourth-order valence-electron chi connectivity index (χ4n) is 3.37. The number of halogens is 2. The van der Waals surface area contributed by atoms with E-state index in [9.17, 15) is 8.78 Å². The van der Waals surface area contributed by atoms with Gasteiger partial charge in [-0.2, -0.15) is 0 Å². The molecule has 3 heteroatoms. The first kappa shape index (κ1) is 16.4. The Kier molecular flexibility index (Phi) is 6.16. The Morgan fingerprint density at radius 1 is 1.10 bits per heavy atom. The van der Waals surface area contributed by atoms with E-state index in [0.717, 1.165) is 13.0 Å². The van der Waals surface area contributed by atoms with Gasteiger partial charge in [0.15, 0.2) is 11.6 Å². The van der Waals surface area contributed by atoms with Crippen LogP contribution in [-0.2, 0) is 6.42 Å². The van der Waals surface area contributed by atoms with Gasteiger partial charge in [0.2, 0.25) is 0 Å². The van der Waals surface area contributed by atoms with Gasteiger partial charge < -0.3 is 5.32 Å². The van der Waals surface area contributed by atoms with Gasteiger partial charge in [0.1, 0.15) is 0 Å². The molecule has 1 fully saturated rings. The van der Waals surface area contributed by atoms with E-state index >= 15 is 0 Å². The predicted octanol–water partition coefficient (Wildman–Crippen LogP) is 4.70. The van der Waals surface area contributed by atoms with Crippen LogP contribution in [-0.4, -0.2) is 12.6 Å². The molecule has 0 aliphatic heterocycles. The van der Waals surface area contributed by atoms with Crippen molar-refractivity contribution < 1.29 is 8.78 Å².